The van der Waals surface area contributed by atoms with E-state index in [1.807, 2.05) is 35.2 Å². The van der Waals surface area contributed by atoms with Gasteiger partial charge in [0.1, 0.15) is 0 Å². The monoisotopic (exact) mass is 311 g/mol. The van der Waals surface area contributed by atoms with Gasteiger partial charge in [-0.1, -0.05) is 42.5 Å². The quantitative estimate of drug-likeness (QED) is 0.687. The number of aliphatic carboxylic acids is 1. The fraction of sp³-hybridized carbons (Fsp3) is 0.368. The lowest BCUT2D eigenvalue weighted by Crippen LogP contribution is -2.31. The lowest BCUT2D eigenvalue weighted by atomic mass is 9.86. The molecule has 1 N–H and O–H groups in total. The molecule has 1 aliphatic heterocycles. The average molecular weight is 311 g/mol. The van der Waals surface area contributed by atoms with Crippen molar-refractivity contribution < 1.29 is 14.7 Å². The Labute approximate surface area is 136 Å². The number of nitrogens with zero attached hydrogens (tertiary/aromatic N) is 1. The van der Waals surface area contributed by atoms with E-state index in [0.717, 1.165) is 31.5 Å². The highest BCUT2D eigenvalue weighted by molar-refractivity contribution is 6.01. The molecule has 0 unspecified atom stereocenters. The van der Waals surface area contributed by atoms with Crippen molar-refractivity contribution in [3.8, 4) is 0 Å². The summed E-state index contributed by atoms with van der Waals surface area (Å²) in [5.74, 6) is -0.0667. The van der Waals surface area contributed by atoms with Gasteiger partial charge in [0.05, 0.1) is 6.42 Å². The molecule has 2 aliphatic rings. The Morgan fingerprint density at radius 2 is 1.70 bits per heavy atom. The smallest absolute Gasteiger partial charge is 0.308 e. The van der Waals surface area contributed by atoms with Crippen LogP contribution >= 0.6 is 0 Å². The zero-order chi connectivity index (χ0) is 16.2. The van der Waals surface area contributed by atoms with E-state index in [1.165, 1.54) is 0 Å². The summed E-state index contributed by atoms with van der Waals surface area (Å²) < 4.78 is 0. The molecule has 1 fully saturated rings. The van der Waals surface area contributed by atoms with Crippen LogP contribution in [0.2, 0.25) is 0 Å². The molecule has 1 aromatic carbocycles. The van der Waals surface area contributed by atoms with Gasteiger partial charge in [-0.2, -0.15) is 0 Å². The summed E-state index contributed by atoms with van der Waals surface area (Å²) in [6, 6.07) is 9.41. The van der Waals surface area contributed by atoms with Crippen LogP contribution in [0, 0.1) is 11.8 Å². The Bertz CT molecular complexity index is 632. The molecule has 120 valence electrons. The molecule has 1 heterocycles. The number of rotatable bonds is 4. The number of amides is 1. The second kappa shape index (κ2) is 6.82. The van der Waals surface area contributed by atoms with E-state index in [-0.39, 0.29) is 12.3 Å². The van der Waals surface area contributed by atoms with Crippen LogP contribution in [0.3, 0.4) is 0 Å². The molecule has 0 radical (unpaired) electrons. The Hall–Kier alpha value is -2.36. The van der Waals surface area contributed by atoms with Gasteiger partial charge in [0.25, 0.3) is 0 Å². The molecule has 3 rings (SSSR count). The number of carboxylic acids is 1. The van der Waals surface area contributed by atoms with Crippen molar-refractivity contribution in [1.29, 1.82) is 0 Å². The van der Waals surface area contributed by atoms with Crippen LogP contribution in [0.25, 0.3) is 6.08 Å². The molecule has 1 saturated heterocycles. The molecule has 1 amide bonds. The first kappa shape index (κ1) is 15.5. The fourth-order valence-corrected chi connectivity index (χ4v) is 3.49. The van der Waals surface area contributed by atoms with Crippen molar-refractivity contribution in [2.24, 2.45) is 11.8 Å². The van der Waals surface area contributed by atoms with Gasteiger partial charge >= 0.3 is 5.97 Å². The van der Waals surface area contributed by atoms with Gasteiger partial charge in [-0.05, 0) is 36.3 Å². The largest absolute Gasteiger partial charge is 0.481 e. The molecule has 2 atom stereocenters. The van der Waals surface area contributed by atoms with Crippen LogP contribution < -0.4 is 0 Å². The zero-order valence-corrected chi connectivity index (χ0v) is 13.0. The molecule has 0 spiro atoms. The Morgan fingerprint density at radius 3 is 2.26 bits per heavy atom. The van der Waals surface area contributed by atoms with Crippen molar-refractivity contribution in [3.05, 3.63) is 53.6 Å². The molecule has 1 aliphatic carbocycles. The minimum atomic E-state index is -0.973. The predicted octanol–water partition coefficient (Wildman–Crippen LogP) is 2.97. The fourth-order valence-electron chi connectivity index (χ4n) is 3.49. The lowest BCUT2D eigenvalue weighted by Gasteiger charge is -2.18. The number of allylic oxidation sites excluding steroid dienone is 2. The highest BCUT2D eigenvalue weighted by Gasteiger charge is 2.36. The maximum Gasteiger partial charge on any atom is 0.308 e. The number of benzene rings is 1. The van der Waals surface area contributed by atoms with Crippen LogP contribution in [0.1, 0.15) is 24.8 Å². The van der Waals surface area contributed by atoms with E-state index >= 15 is 0 Å². The minimum Gasteiger partial charge on any atom is -0.481 e. The van der Waals surface area contributed by atoms with Crippen LogP contribution in [0.4, 0.5) is 0 Å². The van der Waals surface area contributed by atoms with Crippen molar-refractivity contribution >= 4 is 18.0 Å². The van der Waals surface area contributed by atoms with Gasteiger partial charge < -0.3 is 10.0 Å². The first-order chi connectivity index (χ1) is 11.1. The number of carbonyl (C=O) groups is 2. The van der Waals surface area contributed by atoms with E-state index in [4.69, 9.17) is 5.11 Å². The number of fused-ring (bicyclic) bond motifs is 1. The Balaban J connectivity index is 1.78. The highest BCUT2D eigenvalue weighted by Crippen LogP contribution is 2.33. The van der Waals surface area contributed by atoms with Crippen LogP contribution in [-0.2, 0) is 9.59 Å². The SMILES string of the molecule is O=C(O)C/C(=C\c1ccccc1)C(=O)N1C[C@H]2CC=CC[C@H]2C1. The normalized spacial score (nSPS) is 23.7. The summed E-state index contributed by atoms with van der Waals surface area (Å²) >= 11 is 0. The first-order valence-corrected chi connectivity index (χ1v) is 8.05. The second-order valence-electron chi connectivity index (χ2n) is 6.32. The summed E-state index contributed by atoms with van der Waals surface area (Å²) in [6.07, 6.45) is 7.88. The number of carbonyl (C=O) groups excluding carboxylic acids is 1. The number of hydrogen-bond acceptors (Lipinski definition) is 2. The van der Waals surface area contributed by atoms with Crippen molar-refractivity contribution in [2.75, 3.05) is 13.1 Å². The number of carboxylic acid groups (broad SMARTS) is 1. The molecule has 0 bridgehead atoms. The third kappa shape index (κ3) is 3.70. The van der Waals surface area contributed by atoms with Crippen LogP contribution in [-0.4, -0.2) is 35.0 Å². The van der Waals surface area contributed by atoms with E-state index in [9.17, 15) is 9.59 Å². The second-order valence-corrected chi connectivity index (χ2v) is 6.32. The first-order valence-electron chi connectivity index (χ1n) is 8.05. The van der Waals surface area contributed by atoms with E-state index < -0.39 is 5.97 Å². The molecule has 1 aromatic rings. The van der Waals surface area contributed by atoms with Crippen molar-refractivity contribution in [2.45, 2.75) is 19.3 Å². The van der Waals surface area contributed by atoms with Gasteiger partial charge in [0, 0.05) is 18.7 Å². The summed E-state index contributed by atoms with van der Waals surface area (Å²) in [7, 11) is 0. The molecule has 0 saturated carbocycles. The van der Waals surface area contributed by atoms with Gasteiger partial charge in [-0.3, -0.25) is 9.59 Å². The summed E-state index contributed by atoms with van der Waals surface area (Å²) in [6.45, 7) is 1.47. The lowest BCUT2D eigenvalue weighted by molar-refractivity contribution is -0.137. The van der Waals surface area contributed by atoms with Crippen molar-refractivity contribution in [1.82, 2.24) is 4.90 Å². The third-order valence-corrected chi connectivity index (χ3v) is 4.66. The molecule has 4 nitrogen and oxygen atoms in total. The topological polar surface area (TPSA) is 57.6 Å². The van der Waals surface area contributed by atoms with E-state index in [2.05, 4.69) is 12.2 Å². The van der Waals surface area contributed by atoms with Gasteiger partial charge in [-0.15, -0.1) is 0 Å². The Morgan fingerprint density at radius 1 is 1.09 bits per heavy atom. The maximum atomic E-state index is 12.8. The van der Waals surface area contributed by atoms with E-state index in [0.29, 0.717) is 17.4 Å². The number of hydrogen-bond donors (Lipinski definition) is 1. The van der Waals surface area contributed by atoms with Crippen LogP contribution in [0.5, 0.6) is 0 Å². The van der Waals surface area contributed by atoms with Crippen molar-refractivity contribution in [3.63, 3.8) is 0 Å². The molecular formula is C19H21NO3. The minimum absolute atomic E-state index is 0.134. The maximum absolute atomic E-state index is 12.8. The van der Waals surface area contributed by atoms with Crippen LogP contribution in [0.15, 0.2) is 48.1 Å². The Kier molecular flexibility index (Phi) is 4.60. The molecule has 23 heavy (non-hydrogen) atoms. The summed E-state index contributed by atoms with van der Waals surface area (Å²) in [4.78, 5) is 25.8. The summed E-state index contributed by atoms with van der Waals surface area (Å²) in [5.41, 5.74) is 1.21. The average Bonchev–Trinajstić information content (AvgIpc) is 2.98. The third-order valence-electron chi connectivity index (χ3n) is 4.66. The standard InChI is InChI=1S/C19H21NO3/c21-18(22)11-17(10-14-6-2-1-3-7-14)19(23)20-12-15-8-4-5-9-16(15)13-20/h1-7,10,15-16H,8-9,11-13H2,(H,21,22)/b17-10+/t15-,16+. The highest BCUT2D eigenvalue weighted by atomic mass is 16.4. The van der Waals surface area contributed by atoms with Gasteiger partial charge in [0.2, 0.25) is 5.91 Å². The zero-order valence-electron chi connectivity index (χ0n) is 13.0. The van der Waals surface area contributed by atoms with Gasteiger partial charge in [0.15, 0.2) is 0 Å². The predicted molar refractivity (Wildman–Crippen MR) is 88.6 cm³/mol. The van der Waals surface area contributed by atoms with E-state index in [1.54, 1.807) is 6.08 Å². The molecule has 0 aromatic heterocycles. The molecular weight excluding hydrogens is 290 g/mol. The molecule has 4 heteroatoms. The summed E-state index contributed by atoms with van der Waals surface area (Å²) in [5, 5.41) is 9.14. The van der Waals surface area contributed by atoms with Gasteiger partial charge in [-0.25, -0.2) is 0 Å². The number of likely N-dealkylation sites (tertiary alicyclic amines) is 1.